The summed E-state index contributed by atoms with van der Waals surface area (Å²) in [5.41, 5.74) is 3.08. The Hall–Kier alpha value is 0.720. The van der Waals surface area contributed by atoms with Gasteiger partial charge in [-0.15, -0.1) is 0 Å². The van der Waals surface area contributed by atoms with E-state index in [1.165, 1.54) is 32.4 Å². The van der Waals surface area contributed by atoms with Gasteiger partial charge in [-0.3, -0.25) is 0 Å². The molecule has 0 spiro atoms. The minimum Gasteiger partial charge on any atom is -0.394 e. The predicted molar refractivity (Wildman–Crippen MR) is 199 cm³/mol. The molecule has 12 N–H and O–H groups in total. The van der Waals surface area contributed by atoms with Crippen LogP contribution in [0, 0.1) is 20.8 Å². The lowest BCUT2D eigenvalue weighted by Crippen LogP contribution is -2.57. The second kappa shape index (κ2) is 20.2. The molecular formula is C30H48O15S6. The van der Waals surface area contributed by atoms with Gasteiger partial charge in [0, 0.05) is 17.3 Å². The van der Waals surface area contributed by atoms with Gasteiger partial charge in [-0.05, 0) is 54.2 Å². The molecule has 3 saturated heterocycles. The zero-order valence-electron chi connectivity index (χ0n) is 27.9. The summed E-state index contributed by atoms with van der Waals surface area (Å²) in [5.74, 6) is 1.31. The Kier molecular flexibility index (Phi) is 17.6. The normalized spacial score (nSPS) is 39.0. The minimum atomic E-state index is -1.49. The summed E-state index contributed by atoms with van der Waals surface area (Å²) in [7, 11) is 7.57. The van der Waals surface area contributed by atoms with Crippen molar-refractivity contribution in [3.63, 3.8) is 0 Å². The quantitative estimate of drug-likeness (QED) is 0.0911. The SMILES string of the molecule is Cc1c(CSS[C@@H]2O[C@H](CO)[C@@H](O)[C@H](O)[C@H]2O)c(C)c(CSS[C@@H]2O[C@H](CO)[C@@H](O)[C@H](O)[C@H]2O)c(C)c1CSS[C@@H]1O[C@H](CO)[C@@H](O)[C@H](O)[C@H]1O. The summed E-state index contributed by atoms with van der Waals surface area (Å²) in [4.78, 5) is 0. The monoisotopic (exact) mass is 840 g/mol. The predicted octanol–water partition coefficient (Wildman–Crippen LogP) is -1.34. The molecule has 21 heteroatoms. The van der Waals surface area contributed by atoms with E-state index < -0.39 is 109 Å². The summed E-state index contributed by atoms with van der Waals surface area (Å²) >= 11 is 0. The molecular weight excluding hydrogens is 793 g/mol. The third-order valence-corrected chi connectivity index (χ3v) is 16.7. The molecule has 1 aromatic rings. The van der Waals surface area contributed by atoms with Crippen molar-refractivity contribution >= 4 is 64.8 Å². The van der Waals surface area contributed by atoms with Crippen molar-refractivity contribution in [1.29, 1.82) is 0 Å². The highest BCUT2D eigenvalue weighted by molar-refractivity contribution is 8.77. The van der Waals surface area contributed by atoms with Crippen LogP contribution in [0.25, 0.3) is 0 Å². The average Bonchev–Trinajstić information content (AvgIpc) is 3.12. The summed E-state index contributed by atoms with van der Waals surface area (Å²) in [5, 5.41) is 121. The number of aliphatic hydroxyl groups is 12. The molecule has 0 aliphatic carbocycles. The Bertz CT molecular complexity index is 1100. The van der Waals surface area contributed by atoms with E-state index in [9.17, 15) is 61.3 Å². The van der Waals surface area contributed by atoms with Crippen LogP contribution >= 0.6 is 64.8 Å². The van der Waals surface area contributed by atoms with Gasteiger partial charge in [0.15, 0.2) is 0 Å². The van der Waals surface area contributed by atoms with Gasteiger partial charge in [0.05, 0.1) is 19.8 Å². The smallest absolute Gasteiger partial charge is 0.142 e. The topological polar surface area (TPSA) is 270 Å². The Balaban J connectivity index is 1.52. The molecule has 0 saturated carbocycles. The van der Waals surface area contributed by atoms with Gasteiger partial charge in [-0.25, -0.2) is 0 Å². The largest absolute Gasteiger partial charge is 0.394 e. The zero-order valence-corrected chi connectivity index (χ0v) is 32.8. The van der Waals surface area contributed by atoms with Crippen LogP contribution in [-0.4, -0.2) is 171 Å². The third kappa shape index (κ3) is 10.2. The minimum absolute atomic E-state index is 0.437. The van der Waals surface area contributed by atoms with Crippen LogP contribution in [0.3, 0.4) is 0 Å². The van der Waals surface area contributed by atoms with Crippen LogP contribution in [-0.2, 0) is 31.5 Å². The Morgan fingerprint density at radius 2 is 0.627 bits per heavy atom. The fraction of sp³-hybridized carbons (Fsp3) is 0.800. The number of hydrogen-bond donors (Lipinski definition) is 12. The zero-order chi connectivity index (χ0) is 37.7. The van der Waals surface area contributed by atoms with Gasteiger partial charge < -0.3 is 75.5 Å². The van der Waals surface area contributed by atoms with Crippen molar-refractivity contribution in [3.8, 4) is 0 Å². The summed E-state index contributed by atoms with van der Waals surface area (Å²) in [6, 6.07) is 0. The highest BCUT2D eigenvalue weighted by Gasteiger charge is 2.46. The molecule has 4 rings (SSSR count). The van der Waals surface area contributed by atoms with Crippen LogP contribution in [0.15, 0.2) is 0 Å². The molecule has 3 fully saturated rings. The lowest BCUT2D eigenvalue weighted by molar-refractivity contribution is -0.205. The van der Waals surface area contributed by atoms with E-state index in [1.807, 2.05) is 20.8 Å². The van der Waals surface area contributed by atoms with Gasteiger partial charge in [-0.1, -0.05) is 64.8 Å². The molecule has 15 atom stereocenters. The number of aliphatic hydroxyl groups excluding tert-OH is 12. The van der Waals surface area contributed by atoms with Gasteiger partial charge in [0.25, 0.3) is 0 Å². The fourth-order valence-electron chi connectivity index (χ4n) is 5.96. The molecule has 15 nitrogen and oxygen atoms in total. The van der Waals surface area contributed by atoms with Crippen LogP contribution in [0.2, 0.25) is 0 Å². The molecule has 294 valence electrons. The summed E-state index contributed by atoms with van der Waals surface area (Å²) in [6.45, 7) is 4.32. The van der Waals surface area contributed by atoms with Crippen molar-refractivity contribution < 1.29 is 75.5 Å². The van der Waals surface area contributed by atoms with E-state index >= 15 is 0 Å². The maximum Gasteiger partial charge on any atom is 0.142 e. The molecule has 0 amide bonds. The summed E-state index contributed by atoms with van der Waals surface area (Å²) < 4.78 is 17.0. The molecule has 0 unspecified atom stereocenters. The molecule has 0 radical (unpaired) electrons. The van der Waals surface area contributed by atoms with Crippen LogP contribution in [0.5, 0.6) is 0 Å². The first kappa shape index (κ1) is 44.4. The van der Waals surface area contributed by atoms with E-state index in [4.69, 9.17) is 14.2 Å². The van der Waals surface area contributed by atoms with Crippen molar-refractivity contribution in [2.45, 2.75) is 128 Å². The maximum atomic E-state index is 10.5. The molecule has 1 aromatic carbocycles. The lowest BCUT2D eigenvalue weighted by atomic mass is 9.90. The van der Waals surface area contributed by atoms with E-state index in [0.717, 1.165) is 65.8 Å². The van der Waals surface area contributed by atoms with Crippen LogP contribution in [0.1, 0.15) is 33.4 Å². The second-order valence-electron chi connectivity index (χ2n) is 12.5. The average molecular weight is 841 g/mol. The Labute approximate surface area is 319 Å². The van der Waals surface area contributed by atoms with Crippen LogP contribution in [0.4, 0.5) is 0 Å². The van der Waals surface area contributed by atoms with E-state index in [0.29, 0.717) is 17.3 Å². The molecule has 0 bridgehead atoms. The first-order valence-electron chi connectivity index (χ1n) is 16.0. The van der Waals surface area contributed by atoms with Crippen molar-refractivity contribution in [2.24, 2.45) is 0 Å². The fourth-order valence-corrected chi connectivity index (χ4v) is 13.9. The first-order chi connectivity index (χ1) is 24.2. The number of hydrogen-bond acceptors (Lipinski definition) is 21. The molecule has 3 aliphatic rings. The van der Waals surface area contributed by atoms with E-state index in [2.05, 4.69) is 0 Å². The third-order valence-electron chi connectivity index (χ3n) is 9.36. The first-order valence-corrected chi connectivity index (χ1v) is 23.2. The maximum absolute atomic E-state index is 10.5. The second-order valence-corrected chi connectivity index (χ2v) is 19.9. The standard InChI is InChI=1S/C30H48O15S6/c1-10-13(7-46-49-28-25(40)22(37)19(34)16(4-31)43-28)11(2)15(9-48-51-30-27(42)24(39)21(36)18(6-33)45-30)12(3)14(10)8-47-50-29-26(41)23(38)20(35)17(5-32)44-29/h16-42H,4-9H2,1-3H3/t16-,17-,18-,19-,20-,21-,22+,23+,24+,25-,26-,27-,28+,29+,30+/m1/s1. The molecule has 51 heavy (non-hydrogen) atoms. The Morgan fingerprint density at radius 1 is 0.392 bits per heavy atom. The number of ether oxygens (including phenoxy) is 3. The highest BCUT2D eigenvalue weighted by Crippen LogP contribution is 2.44. The van der Waals surface area contributed by atoms with Crippen molar-refractivity contribution in [1.82, 2.24) is 0 Å². The molecule has 3 aliphatic heterocycles. The molecule has 0 aromatic heterocycles. The van der Waals surface area contributed by atoms with E-state index in [-0.39, 0.29) is 0 Å². The van der Waals surface area contributed by atoms with Gasteiger partial charge in [0.1, 0.15) is 89.6 Å². The number of benzene rings is 1. The van der Waals surface area contributed by atoms with Gasteiger partial charge in [-0.2, -0.15) is 0 Å². The van der Waals surface area contributed by atoms with Gasteiger partial charge >= 0.3 is 0 Å². The summed E-state index contributed by atoms with van der Waals surface area (Å²) in [6.07, 6.45) is -16.1. The Morgan fingerprint density at radius 3 is 0.843 bits per heavy atom. The highest BCUT2D eigenvalue weighted by atomic mass is 33.1. The molecule has 3 heterocycles. The van der Waals surface area contributed by atoms with Gasteiger partial charge in [0.2, 0.25) is 0 Å². The van der Waals surface area contributed by atoms with E-state index in [1.54, 1.807) is 0 Å². The van der Waals surface area contributed by atoms with Crippen LogP contribution < -0.4 is 0 Å². The van der Waals surface area contributed by atoms with Crippen molar-refractivity contribution in [3.05, 3.63) is 33.4 Å². The lowest BCUT2D eigenvalue weighted by Gasteiger charge is -2.39. The van der Waals surface area contributed by atoms with Crippen molar-refractivity contribution in [2.75, 3.05) is 19.8 Å². The number of rotatable bonds is 15.